The van der Waals surface area contributed by atoms with Crippen molar-refractivity contribution in [2.24, 2.45) is 0 Å². The summed E-state index contributed by atoms with van der Waals surface area (Å²) in [7, 11) is 0. The summed E-state index contributed by atoms with van der Waals surface area (Å²) in [5.74, 6) is -0.343. The van der Waals surface area contributed by atoms with E-state index in [1.54, 1.807) is 18.3 Å². The van der Waals surface area contributed by atoms with E-state index in [2.05, 4.69) is 15.5 Å². The van der Waals surface area contributed by atoms with Crippen LogP contribution in [0.5, 0.6) is 0 Å². The molecule has 0 aliphatic carbocycles. The Morgan fingerprint density at radius 3 is 2.77 bits per heavy atom. The molecule has 22 heavy (non-hydrogen) atoms. The molecule has 0 saturated heterocycles. The van der Waals surface area contributed by atoms with Gasteiger partial charge >= 0.3 is 0 Å². The van der Waals surface area contributed by atoms with Gasteiger partial charge in [-0.05, 0) is 29.8 Å². The van der Waals surface area contributed by atoms with E-state index in [1.165, 1.54) is 12.3 Å². The number of halogens is 1. The molecular weight excluding hydrogens is 302 g/mol. The van der Waals surface area contributed by atoms with Gasteiger partial charge < -0.3 is 9.84 Å². The quantitative estimate of drug-likeness (QED) is 0.803. The third-order valence-electron chi connectivity index (χ3n) is 3.11. The van der Waals surface area contributed by atoms with Gasteiger partial charge in [-0.1, -0.05) is 35.0 Å². The molecule has 2 aromatic heterocycles. The highest BCUT2D eigenvalue weighted by molar-refractivity contribution is 6.30. The number of carbonyl (C=O) groups is 1. The SMILES string of the molecule is O=C(N[C@H](c1cccc(Cl)c1)c1ccccn1)c1ccon1. The number of hydrogen-bond acceptors (Lipinski definition) is 4. The maximum Gasteiger partial charge on any atom is 0.274 e. The summed E-state index contributed by atoms with van der Waals surface area (Å²) < 4.78 is 4.70. The van der Waals surface area contributed by atoms with E-state index >= 15 is 0 Å². The fraction of sp³-hybridized carbons (Fsp3) is 0.0625. The minimum Gasteiger partial charge on any atom is -0.364 e. The number of nitrogens with one attached hydrogen (secondary N) is 1. The number of carbonyl (C=O) groups excluding carboxylic acids is 1. The largest absolute Gasteiger partial charge is 0.364 e. The molecule has 2 heterocycles. The summed E-state index contributed by atoms with van der Waals surface area (Å²) in [5.41, 5.74) is 1.76. The summed E-state index contributed by atoms with van der Waals surface area (Å²) in [6.07, 6.45) is 3.03. The molecule has 6 heteroatoms. The van der Waals surface area contributed by atoms with Crippen LogP contribution in [0, 0.1) is 0 Å². The van der Waals surface area contributed by atoms with Crippen molar-refractivity contribution in [1.82, 2.24) is 15.5 Å². The molecule has 0 spiro atoms. The second-order valence-electron chi connectivity index (χ2n) is 4.60. The zero-order valence-corrected chi connectivity index (χ0v) is 12.2. The van der Waals surface area contributed by atoms with Gasteiger partial charge in [-0.2, -0.15) is 0 Å². The molecule has 1 aromatic carbocycles. The number of benzene rings is 1. The minimum atomic E-state index is -0.427. The lowest BCUT2D eigenvalue weighted by Crippen LogP contribution is -2.30. The Morgan fingerprint density at radius 2 is 2.09 bits per heavy atom. The first kappa shape index (κ1) is 14.3. The summed E-state index contributed by atoms with van der Waals surface area (Å²) >= 11 is 6.05. The van der Waals surface area contributed by atoms with E-state index in [-0.39, 0.29) is 11.6 Å². The van der Waals surface area contributed by atoms with E-state index in [1.807, 2.05) is 30.3 Å². The van der Waals surface area contributed by atoms with Crippen molar-refractivity contribution in [1.29, 1.82) is 0 Å². The van der Waals surface area contributed by atoms with Gasteiger partial charge in [0.1, 0.15) is 6.26 Å². The Bertz CT molecular complexity index is 760. The summed E-state index contributed by atoms with van der Waals surface area (Å²) in [6, 6.07) is 13.9. The van der Waals surface area contributed by atoms with Crippen LogP contribution in [0.1, 0.15) is 27.8 Å². The smallest absolute Gasteiger partial charge is 0.274 e. The maximum absolute atomic E-state index is 12.3. The Morgan fingerprint density at radius 1 is 1.18 bits per heavy atom. The molecule has 1 N–H and O–H groups in total. The molecule has 0 bridgehead atoms. The van der Waals surface area contributed by atoms with Gasteiger partial charge in [0.05, 0.1) is 11.7 Å². The number of nitrogens with zero attached hydrogens (tertiary/aromatic N) is 2. The first-order valence-electron chi connectivity index (χ1n) is 6.61. The van der Waals surface area contributed by atoms with Crippen molar-refractivity contribution in [3.8, 4) is 0 Å². The van der Waals surface area contributed by atoms with Crippen LogP contribution in [0.3, 0.4) is 0 Å². The molecule has 0 unspecified atom stereocenters. The number of aromatic nitrogens is 2. The van der Waals surface area contributed by atoms with E-state index < -0.39 is 6.04 Å². The molecule has 3 aromatic rings. The lowest BCUT2D eigenvalue weighted by molar-refractivity contribution is 0.0933. The zero-order valence-electron chi connectivity index (χ0n) is 11.4. The molecular formula is C16H12ClN3O2. The molecule has 0 radical (unpaired) electrons. The van der Waals surface area contributed by atoms with Crippen molar-refractivity contribution in [2.75, 3.05) is 0 Å². The van der Waals surface area contributed by atoms with Crippen LogP contribution in [0.25, 0.3) is 0 Å². The van der Waals surface area contributed by atoms with Crippen molar-refractivity contribution in [2.45, 2.75) is 6.04 Å². The Hall–Kier alpha value is -2.66. The monoisotopic (exact) mass is 313 g/mol. The molecule has 3 rings (SSSR count). The summed E-state index contributed by atoms with van der Waals surface area (Å²) in [5, 5.41) is 7.13. The van der Waals surface area contributed by atoms with Gasteiger partial charge in [0.25, 0.3) is 5.91 Å². The van der Waals surface area contributed by atoms with Crippen LogP contribution in [-0.2, 0) is 0 Å². The molecule has 0 saturated carbocycles. The molecule has 0 fully saturated rings. The molecule has 5 nitrogen and oxygen atoms in total. The summed E-state index contributed by atoms with van der Waals surface area (Å²) in [6.45, 7) is 0. The predicted molar refractivity (Wildman–Crippen MR) is 81.5 cm³/mol. The number of hydrogen-bond donors (Lipinski definition) is 1. The van der Waals surface area contributed by atoms with Crippen LogP contribution in [-0.4, -0.2) is 16.0 Å². The molecule has 1 atom stereocenters. The maximum atomic E-state index is 12.3. The van der Waals surface area contributed by atoms with Crippen LogP contribution in [0.4, 0.5) is 0 Å². The van der Waals surface area contributed by atoms with E-state index in [0.29, 0.717) is 10.7 Å². The topological polar surface area (TPSA) is 68.0 Å². The van der Waals surface area contributed by atoms with Gasteiger partial charge in [0, 0.05) is 17.3 Å². The molecule has 1 amide bonds. The van der Waals surface area contributed by atoms with Crippen molar-refractivity contribution in [3.63, 3.8) is 0 Å². The van der Waals surface area contributed by atoms with Crippen LogP contribution < -0.4 is 5.32 Å². The van der Waals surface area contributed by atoms with E-state index in [9.17, 15) is 4.79 Å². The van der Waals surface area contributed by atoms with Crippen LogP contribution >= 0.6 is 11.6 Å². The van der Waals surface area contributed by atoms with E-state index in [0.717, 1.165) is 5.56 Å². The van der Waals surface area contributed by atoms with Gasteiger partial charge in [0.15, 0.2) is 5.69 Å². The Balaban J connectivity index is 1.95. The highest BCUT2D eigenvalue weighted by Gasteiger charge is 2.20. The second kappa shape index (κ2) is 6.41. The lowest BCUT2D eigenvalue weighted by atomic mass is 10.0. The number of amides is 1. The van der Waals surface area contributed by atoms with Gasteiger partial charge in [-0.15, -0.1) is 0 Å². The predicted octanol–water partition coefficient (Wildman–Crippen LogP) is 3.24. The third kappa shape index (κ3) is 3.15. The van der Waals surface area contributed by atoms with Gasteiger partial charge in [-0.25, -0.2) is 0 Å². The lowest BCUT2D eigenvalue weighted by Gasteiger charge is -2.18. The minimum absolute atomic E-state index is 0.211. The fourth-order valence-electron chi connectivity index (χ4n) is 2.10. The molecule has 110 valence electrons. The third-order valence-corrected chi connectivity index (χ3v) is 3.35. The highest BCUT2D eigenvalue weighted by atomic mass is 35.5. The summed E-state index contributed by atoms with van der Waals surface area (Å²) in [4.78, 5) is 16.6. The zero-order chi connectivity index (χ0) is 15.4. The van der Waals surface area contributed by atoms with E-state index in [4.69, 9.17) is 16.1 Å². The standard InChI is InChI=1S/C16H12ClN3O2/c17-12-5-3-4-11(10-12)15(13-6-1-2-8-18-13)19-16(21)14-7-9-22-20-14/h1-10,15H,(H,19,21)/t15-/m1/s1. The highest BCUT2D eigenvalue weighted by Crippen LogP contribution is 2.23. The van der Waals surface area contributed by atoms with Gasteiger partial charge in [-0.3, -0.25) is 9.78 Å². The fourth-order valence-corrected chi connectivity index (χ4v) is 2.29. The Kier molecular flexibility index (Phi) is 4.16. The molecule has 0 aliphatic heterocycles. The molecule has 0 aliphatic rings. The normalized spacial score (nSPS) is 11.9. The number of pyridine rings is 1. The number of rotatable bonds is 4. The first-order chi connectivity index (χ1) is 10.7. The van der Waals surface area contributed by atoms with Crippen molar-refractivity contribution in [3.05, 3.63) is 83.0 Å². The van der Waals surface area contributed by atoms with Crippen LogP contribution in [0.2, 0.25) is 5.02 Å². The Labute approximate surface area is 131 Å². The average molecular weight is 314 g/mol. The van der Waals surface area contributed by atoms with Crippen LogP contribution in [0.15, 0.2) is 65.5 Å². The first-order valence-corrected chi connectivity index (χ1v) is 6.99. The van der Waals surface area contributed by atoms with Crippen molar-refractivity contribution < 1.29 is 9.32 Å². The van der Waals surface area contributed by atoms with Crippen molar-refractivity contribution >= 4 is 17.5 Å². The van der Waals surface area contributed by atoms with Gasteiger partial charge in [0.2, 0.25) is 0 Å². The average Bonchev–Trinajstić information content (AvgIpc) is 3.08. The second-order valence-corrected chi connectivity index (χ2v) is 5.04.